The Labute approximate surface area is 123 Å². The maximum atomic E-state index is 12.0. The molecule has 2 amide bonds. The summed E-state index contributed by atoms with van der Waals surface area (Å²) in [5.74, 6) is 0.708. The largest absolute Gasteiger partial charge is 0.353 e. The minimum atomic E-state index is -0.136. The van der Waals surface area contributed by atoms with E-state index in [1.165, 1.54) is 6.33 Å². The van der Waals surface area contributed by atoms with Crippen LogP contribution in [0.3, 0.4) is 0 Å². The van der Waals surface area contributed by atoms with Crippen molar-refractivity contribution in [1.29, 1.82) is 0 Å². The zero-order chi connectivity index (χ0) is 14.8. The zero-order valence-electron chi connectivity index (χ0n) is 12.1. The van der Waals surface area contributed by atoms with Gasteiger partial charge in [-0.15, -0.1) is 0 Å². The molecule has 1 aromatic rings. The zero-order valence-corrected chi connectivity index (χ0v) is 12.1. The van der Waals surface area contributed by atoms with Crippen LogP contribution in [-0.2, 0) is 4.79 Å². The first kappa shape index (κ1) is 13.8. The molecule has 7 nitrogen and oxygen atoms in total. The van der Waals surface area contributed by atoms with Gasteiger partial charge >= 0.3 is 0 Å². The highest BCUT2D eigenvalue weighted by molar-refractivity contribution is 5.93. The van der Waals surface area contributed by atoms with Crippen LogP contribution in [0, 0.1) is 0 Å². The van der Waals surface area contributed by atoms with E-state index in [0.29, 0.717) is 24.8 Å². The molecule has 1 aliphatic heterocycles. The molecule has 1 aromatic heterocycles. The van der Waals surface area contributed by atoms with Gasteiger partial charge < -0.3 is 15.1 Å². The summed E-state index contributed by atoms with van der Waals surface area (Å²) >= 11 is 0. The first-order chi connectivity index (χ1) is 10.1. The van der Waals surface area contributed by atoms with Crippen molar-refractivity contribution in [3.63, 3.8) is 0 Å². The molecule has 1 N–H and O–H groups in total. The quantitative estimate of drug-likeness (QED) is 0.850. The number of aromatic nitrogens is 2. The van der Waals surface area contributed by atoms with E-state index in [-0.39, 0.29) is 11.8 Å². The molecule has 0 radical (unpaired) electrons. The van der Waals surface area contributed by atoms with Crippen LogP contribution in [0.5, 0.6) is 0 Å². The summed E-state index contributed by atoms with van der Waals surface area (Å²) in [4.78, 5) is 35.5. The topological polar surface area (TPSA) is 78.4 Å². The van der Waals surface area contributed by atoms with Crippen LogP contribution in [0.1, 0.15) is 30.3 Å². The fraction of sp³-hybridized carbons (Fsp3) is 0.571. The predicted molar refractivity (Wildman–Crippen MR) is 77.0 cm³/mol. The number of carbonyl (C=O) groups is 2. The number of nitrogens with one attached hydrogen (secondary N) is 1. The average Bonchev–Trinajstić information content (AvgIpc) is 3.31. The minimum absolute atomic E-state index is 0.0989. The van der Waals surface area contributed by atoms with Crippen molar-refractivity contribution in [3.05, 3.63) is 18.1 Å². The van der Waals surface area contributed by atoms with Gasteiger partial charge in [-0.25, -0.2) is 9.97 Å². The van der Waals surface area contributed by atoms with Gasteiger partial charge in [0, 0.05) is 45.2 Å². The molecule has 2 heterocycles. The number of carbonyl (C=O) groups excluding carboxylic acids is 2. The second-order valence-corrected chi connectivity index (χ2v) is 5.50. The molecular weight excluding hydrogens is 270 g/mol. The summed E-state index contributed by atoms with van der Waals surface area (Å²) in [5.41, 5.74) is 0.404. The van der Waals surface area contributed by atoms with Crippen molar-refractivity contribution in [2.24, 2.45) is 0 Å². The molecule has 1 saturated heterocycles. The highest BCUT2D eigenvalue weighted by Crippen LogP contribution is 2.20. The van der Waals surface area contributed by atoms with Gasteiger partial charge in [0.1, 0.15) is 17.8 Å². The summed E-state index contributed by atoms with van der Waals surface area (Å²) in [5, 5.41) is 2.92. The Morgan fingerprint density at radius 1 is 1.19 bits per heavy atom. The van der Waals surface area contributed by atoms with Gasteiger partial charge in [-0.05, 0) is 12.8 Å². The third-order valence-electron chi connectivity index (χ3n) is 3.85. The van der Waals surface area contributed by atoms with Crippen molar-refractivity contribution >= 4 is 17.6 Å². The summed E-state index contributed by atoms with van der Waals surface area (Å²) in [6.45, 7) is 4.40. The lowest BCUT2D eigenvalue weighted by atomic mass is 10.3. The number of hydrogen-bond acceptors (Lipinski definition) is 5. The van der Waals surface area contributed by atoms with Crippen LogP contribution < -0.4 is 10.2 Å². The molecule has 0 spiro atoms. The molecule has 2 aliphatic rings. The number of anilines is 1. The lowest BCUT2D eigenvalue weighted by Crippen LogP contribution is -2.48. The Morgan fingerprint density at radius 2 is 1.90 bits per heavy atom. The molecule has 21 heavy (non-hydrogen) atoms. The fourth-order valence-corrected chi connectivity index (χ4v) is 2.38. The summed E-state index contributed by atoms with van der Waals surface area (Å²) < 4.78 is 0. The lowest BCUT2D eigenvalue weighted by Gasteiger charge is -2.34. The minimum Gasteiger partial charge on any atom is -0.353 e. The third-order valence-corrected chi connectivity index (χ3v) is 3.85. The van der Waals surface area contributed by atoms with Crippen LogP contribution in [0.15, 0.2) is 12.4 Å². The molecule has 2 fully saturated rings. The standard InChI is InChI=1S/C14H19N5O2/c1-10(20)18-4-6-19(7-5-18)13-8-12(15-9-16-13)14(21)17-11-2-3-11/h8-9,11H,2-7H2,1H3,(H,17,21). The Kier molecular flexibility index (Phi) is 3.72. The van der Waals surface area contributed by atoms with E-state index in [1.807, 2.05) is 4.90 Å². The van der Waals surface area contributed by atoms with Gasteiger partial charge in [-0.3, -0.25) is 9.59 Å². The fourth-order valence-electron chi connectivity index (χ4n) is 2.38. The van der Waals surface area contributed by atoms with Crippen LogP contribution in [0.4, 0.5) is 5.82 Å². The van der Waals surface area contributed by atoms with E-state index in [9.17, 15) is 9.59 Å². The van der Waals surface area contributed by atoms with E-state index in [4.69, 9.17) is 0 Å². The molecule has 1 aliphatic carbocycles. The normalized spacial score (nSPS) is 18.5. The molecule has 0 unspecified atom stereocenters. The summed E-state index contributed by atoms with van der Waals surface area (Å²) in [7, 11) is 0. The molecule has 112 valence electrons. The summed E-state index contributed by atoms with van der Waals surface area (Å²) in [6.07, 6.45) is 3.53. The van der Waals surface area contributed by atoms with Crippen molar-refractivity contribution in [3.8, 4) is 0 Å². The maximum Gasteiger partial charge on any atom is 0.270 e. The van der Waals surface area contributed by atoms with Crippen LogP contribution in [0.2, 0.25) is 0 Å². The molecule has 1 saturated carbocycles. The Bertz CT molecular complexity index is 550. The number of piperazine rings is 1. The van der Waals surface area contributed by atoms with E-state index >= 15 is 0 Å². The molecule has 0 bridgehead atoms. The Morgan fingerprint density at radius 3 is 2.52 bits per heavy atom. The molecular formula is C14H19N5O2. The Hall–Kier alpha value is -2.18. The van der Waals surface area contributed by atoms with E-state index in [1.54, 1.807) is 13.0 Å². The van der Waals surface area contributed by atoms with Crippen molar-refractivity contribution in [2.75, 3.05) is 31.1 Å². The van der Waals surface area contributed by atoms with Crippen LogP contribution in [-0.4, -0.2) is 58.9 Å². The molecule has 0 aromatic carbocycles. The van der Waals surface area contributed by atoms with Gasteiger partial charge in [-0.2, -0.15) is 0 Å². The highest BCUT2D eigenvalue weighted by atomic mass is 16.2. The lowest BCUT2D eigenvalue weighted by molar-refractivity contribution is -0.129. The molecule has 0 atom stereocenters. The third kappa shape index (κ3) is 3.29. The average molecular weight is 289 g/mol. The van der Waals surface area contributed by atoms with E-state index in [0.717, 1.165) is 31.7 Å². The van der Waals surface area contributed by atoms with Gasteiger partial charge in [0.05, 0.1) is 0 Å². The SMILES string of the molecule is CC(=O)N1CCN(c2cc(C(=O)NC3CC3)ncn2)CC1. The highest BCUT2D eigenvalue weighted by Gasteiger charge is 2.25. The van der Waals surface area contributed by atoms with Gasteiger partial charge in [0.25, 0.3) is 5.91 Å². The second-order valence-electron chi connectivity index (χ2n) is 5.50. The van der Waals surface area contributed by atoms with Crippen molar-refractivity contribution in [1.82, 2.24) is 20.2 Å². The summed E-state index contributed by atoms with van der Waals surface area (Å²) in [6, 6.07) is 2.04. The van der Waals surface area contributed by atoms with Gasteiger partial charge in [-0.1, -0.05) is 0 Å². The van der Waals surface area contributed by atoms with Crippen molar-refractivity contribution in [2.45, 2.75) is 25.8 Å². The van der Waals surface area contributed by atoms with Gasteiger partial charge in [0.2, 0.25) is 5.91 Å². The van der Waals surface area contributed by atoms with E-state index < -0.39 is 0 Å². The number of rotatable bonds is 3. The maximum absolute atomic E-state index is 12.0. The predicted octanol–water partition coefficient (Wildman–Crippen LogP) is 0.0373. The smallest absolute Gasteiger partial charge is 0.270 e. The first-order valence-corrected chi connectivity index (χ1v) is 7.27. The second kappa shape index (κ2) is 5.67. The molecule has 7 heteroatoms. The van der Waals surface area contributed by atoms with Crippen LogP contribution in [0.25, 0.3) is 0 Å². The number of nitrogens with zero attached hydrogens (tertiary/aromatic N) is 4. The molecule has 3 rings (SSSR count). The first-order valence-electron chi connectivity index (χ1n) is 7.27. The number of amides is 2. The van der Waals surface area contributed by atoms with E-state index in [2.05, 4.69) is 20.2 Å². The van der Waals surface area contributed by atoms with Gasteiger partial charge in [0.15, 0.2) is 0 Å². The number of hydrogen-bond donors (Lipinski definition) is 1. The van der Waals surface area contributed by atoms with Crippen molar-refractivity contribution < 1.29 is 9.59 Å². The monoisotopic (exact) mass is 289 g/mol. The van der Waals surface area contributed by atoms with Crippen LogP contribution >= 0.6 is 0 Å². The Balaban J connectivity index is 1.65.